The highest BCUT2D eigenvalue weighted by Gasteiger charge is 2.07. The minimum Gasteiger partial charge on any atom is -0.332 e. The largest absolute Gasteiger partial charge is 0.332 e. The zero-order valence-corrected chi connectivity index (χ0v) is 16.7. The highest BCUT2D eigenvalue weighted by atomic mass is 35.5. The Bertz CT molecular complexity index is 952. The molecule has 0 spiro atoms. The summed E-state index contributed by atoms with van der Waals surface area (Å²) in [6, 6.07) is 11.5. The molecule has 2 aromatic carbocycles. The van der Waals surface area contributed by atoms with Crippen molar-refractivity contribution in [1.82, 2.24) is 9.78 Å². The molecule has 134 valence electrons. The van der Waals surface area contributed by atoms with Crippen LogP contribution in [0.4, 0.5) is 11.4 Å². The number of nitrogens with one attached hydrogen (secondary N) is 2. The summed E-state index contributed by atoms with van der Waals surface area (Å²) in [4.78, 5) is 0. The Balaban J connectivity index is 1.64. The van der Waals surface area contributed by atoms with Crippen LogP contribution in [0.2, 0.25) is 10.0 Å². The van der Waals surface area contributed by atoms with Crippen LogP contribution in [0.25, 0.3) is 0 Å². The summed E-state index contributed by atoms with van der Waals surface area (Å²) in [6.45, 7) is 4.69. The minimum absolute atomic E-state index is 0.516. The van der Waals surface area contributed by atoms with Gasteiger partial charge in [0.2, 0.25) is 0 Å². The van der Waals surface area contributed by atoms with Gasteiger partial charge in [0.25, 0.3) is 0 Å². The predicted octanol–water partition coefficient (Wildman–Crippen LogP) is 5.66. The Labute approximate surface area is 168 Å². The number of rotatable bonds is 4. The van der Waals surface area contributed by atoms with Crippen LogP contribution < -0.4 is 10.6 Å². The average Bonchev–Trinajstić information content (AvgIpc) is 3.01. The van der Waals surface area contributed by atoms with Gasteiger partial charge < -0.3 is 10.6 Å². The van der Waals surface area contributed by atoms with Crippen LogP contribution in [0, 0.1) is 13.8 Å². The van der Waals surface area contributed by atoms with Crippen molar-refractivity contribution >= 4 is 51.9 Å². The lowest BCUT2D eigenvalue weighted by Crippen LogP contribution is -2.19. The molecule has 0 aliphatic carbocycles. The molecule has 2 N–H and O–H groups in total. The summed E-state index contributed by atoms with van der Waals surface area (Å²) < 4.78 is 1.79. The topological polar surface area (TPSA) is 41.9 Å². The highest BCUT2D eigenvalue weighted by Crippen LogP contribution is 2.22. The van der Waals surface area contributed by atoms with E-state index in [1.165, 1.54) is 11.1 Å². The van der Waals surface area contributed by atoms with Crippen LogP contribution in [0.1, 0.15) is 16.7 Å². The summed E-state index contributed by atoms with van der Waals surface area (Å²) in [7, 11) is 0. The summed E-state index contributed by atoms with van der Waals surface area (Å²) in [5.41, 5.74) is 5.12. The fourth-order valence-electron chi connectivity index (χ4n) is 2.51. The van der Waals surface area contributed by atoms with Crippen molar-refractivity contribution in [1.29, 1.82) is 0 Å². The van der Waals surface area contributed by atoms with Gasteiger partial charge in [0.05, 0.1) is 18.4 Å². The van der Waals surface area contributed by atoms with Gasteiger partial charge in [-0.3, -0.25) is 4.68 Å². The summed E-state index contributed by atoms with van der Waals surface area (Å²) in [5.74, 6) is 0. The molecule has 3 rings (SSSR count). The molecule has 1 heterocycles. The van der Waals surface area contributed by atoms with Crippen molar-refractivity contribution in [3.63, 3.8) is 0 Å². The first kappa shape index (κ1) is 18.7. The lowest BCUT2D eigenvalue weighted by molar-refractivity contribution is 0.687. The number of anilines is 2. The van der Waals surface area contributed by atoms with E-state index in [9.17, 15) is 0 Å². The molecule has 3 aromatic rings. The number of aromatic nitrogens is 2. The van der Waals surface area contributed by atoms with E-state index >= 15 is 0 Å². The number of halogens is 2. The maximum Gasteiger partial charge on any atom is 0.175 e. The molecule has 0 saturated heterocycles. The lowest BCUT2D eigenvalue weighted by Gasteiger charge is -2.12. The van der Waals surface area contributed by atoms with Gasteiger partial charge in [-0.2, -0.15) is 5.10 Å². The van der Waals surface area contributed by atoms with E-state index in [2.05, 4.69) is 35.6 Å². The van der Waals surface area contributed by atoms with E-state index in [1.54, 1.807) is 16.9 Å². The van der Waals surface area contributed by atoms with Crippen LogP contribution in [0.15, 0.2) is 48.8 Å². The monoisotopic (exact) mass is 404 g/mol. The number of thiocarbonyl (C=S) groups is 1. The zero-order valence-electron chi connectivity index (χ0n) is 14.4. The summed E-state index contributed by atoms with van der Waals surface area (Å²) >= 11 is 17.5. The van der Waals surface area contributed by atoms with Crippen molar-refractivity contribution in [3.05, 3.63) is 75.5 Å². The highest BCUT2D eigenvalue weighted by molar-refractivity contribution is 7.80. The molecule has 1 aromatic heterocycles. The molecule has 0 radical (unpaired) electrons. The Morgan fingerprint density at radius 3 is 2.73 bits per heavy atom. The van der Waals surface area contributed by atoms with E-state index in [-0.39, 0.29) is 0 Å². The molecule has 0 unspecified atom stereocenters. The fraction of sp³-hybridized carbons (Fsp3) is 0.158. The Morgan fingerprint density at radius 2 is 1.96 bits per heavy atom. The molecule has 0 saturated carbocycles. The van der Waals surface area contributed by atoms with Crippen molar-refractivity contribution in [3.8, 4) is 0 Å². The SMILES string of the molecule is Cc1cccc(NC(=S)Nc2cnn(Cc3ccc(Cl)cc3Cl)c2)c1C. The Morgan fingerprint density at radius 1 is 1.15 bits per heavy atom. The third kappa shape index (κ3) is 4.55. The molecule has 0 atom stereocenters. The van der Waals surface area contributed by atoms with Crippen LogP contribution in [0.3, 0.4) is 0 Å². The molecule has 26 heavy (non-hydrogen) atoms. The maximum absolute atomic E-state index is 6.22. The van der Waals surface area contributed by atoms with Gasteiger partial charge in [-0.1, -0.05) is 41.4 Å². The smallest absolute Gasteiger partial charge is 0.175 e. The molecule has 0 aliphatic rings. The third-order valence-corrected chi connectivity index (χ3v) is 4.88. The predicted molar refractivity (Wildman–Crippen MR) is 114 cm³/mol. The second-order valence-corrected chi connectivity index (χ2v) is 7.24. The van der Waals surface area contributed by atoms with E-state index < -0.39 is 0 Å². The number of aryl methyl sites for hydroxylation is 1. The second-order valence-electron chi connectivity index (χ2n) is 5.99. The standard InChI is InChI=1S/C19H18Cl2N4S/c1-12-4-3-5-18(13(12)2)24-19(26)23-16-9-22-25(11-16)10-14-6-7-15(20)8-17(14)21/h3-9,11H,10H2,1-2H3,(H2,23,24,26). The van der Waals surface area contributed by atoms with E-state index in [0.29, 0.717) is 21.7 Å². The lowest BCUT2D eigenvalue weighted by atomic mass is 10.1. The molecule has 0 amide bonds. The molecular formula is C19H18Cl2N4S. The van der Waals surface area contributed by atoms with Gasteiger partial charge in [-0.05, 0) is 61.0 Å². The number of hydrogen-bond donors (Lipinski definition) is 2. The minimum atomic E-state index is 0.516. The number of hydrogen-bond acceptors (Lipinski definition) is 2. The van der Waals surface area contributed by atoms with Crippen molar-refractivity contribution in [2.75, 3.05) is 10.6 Å². The van der Waals surface area contributed by atoms with Crippen molar-refractivity contribution in [2.45, 2.75) is 20.4 Å². The van der Waals surface area contributed by atoms with Crippen LogP contribution in [-0.2, 0) is 6.54 Å². The maximum atomic E-state index is 6.22. The zero-order chi connectivity index (χ0) is 18.7. The molecular weight excluding hydrogens is 387 g/mol. The quantitative estimate of drug-likeness (QED) is 0.550. The van der Waals surface area contributed by atoms with Gasteiger partial charge in [-0.25, -0.2) is 0 Å². The first-order valence-corrected chi connectivity index (χ1v) is 9.19. The van der Waals surface area contributed by atoms with Crippen molar-refractivity contribution in [2.24, 2.45) is 0 Å². The summed E-state index contributed by atoms with van der Waals surface area (Å²) in [6.07, 6.45) is 3.60. The van der Waals surface area contributed by atoms with E-state index in [4.69, 9.17) is 35.4 Å². The third-order valence-electron chi connectivity index (χ3n) is 4.09. The fourth-order valence-corrected chi connectivity index (χ4v) is 3.21. The Kier molecular flexibility index (Phi) is 5.81. The van der Waals surface area contributed by atoms with Gasteiger partial charge in [0.1, 0.15) is 0 Å². The van der Waals surface area contributed by atoms with Gasteiger partial charge in [0, 0.05) is 21.9 Å². The second kappa shape index (κ2) is 8.08. The Hall–Kier alpha value is -2.08. The molecule has 4 nitrogen and oxygen atoms in total. The van der Waals surface area contributed by atoms with Gasteiger partial charge in [0.15, 0.2) is 5.11 Å². The van der Waals surface area contributed by atoms with E-state index in [1.807, 2.05) is 30.5 Å². The van der Waals surface area contributed by atoms with Gasteiger partial charge in [-0.15, -0.1) is 0 Å². The molecule has 0 fully saturated rings. The van der Waals surface area contributed by atoms with Crippen molar-refractivity contribution < 1.29 is 0 Å². The molecule has 0 aliphatic heterocycles. The van der Waals surface area contributed by atoms with Gasteiger partial charge >= 0.3 is 0 Å². The normalized spacial score (nSPS) is 10.6. The van der Waals surface area contributed by atoms with Crippen LogP contribution in [-0.4, -0.2) is 14.9 Å². The van der Waals surface area contributed by atoms with Crippen LogP contribution >= 0.6 is 35.4 Å². The molecule has 0 bridgehead atoms. The summed E-state index contributed by atoms with van der Waals surface area (Å²) in [5, 5.41) is 12.5. The van der Waals surface area contributed by atoms with Crippen LogP contribution in [0.5, 0.6) is 0 Å². The average molecular weight is 405 g/mol. The first-order valence-electron chi connectivity index (χ1n) is 8.03. The van der Waals surface area contributed by atoms with E-state index in [0.717, 1.165) is 16.9 Å². The number of benzene rings is 2. The molecule has 7 heteroatoms. The number of nitrogens with zero attached hydrogens (tertiary/aromatic N) is 2. The first-order chi connectivity index (χ1) is 12.4.